The Bertz CT molecular complexity index is 1510. The van der Waals surface area contributed by atoms with Crippen LogP contribution in [0.15, 0.2) is 66.7 Å². The van der Waals surface area contributed by atoms with Crippen LogP contribution in [0.25, 0.3) is 0 Å². The zero-order valence-electron chi connectivity index (χ0n) is 23.2. The first-order chi connectivity index (χ1) is 20.2. The topological polar surface area (TPSA) is 92.3 Å². The summed E-state index contributed by atoms with van der Waals surface area (Å²) in [5, 5.41) is 3.23. The maximum absolute atomic E-state index is 13.8. The van der Waals surface area contributed by atoms with E-state index in [-0.39, 0.29) is 36.2 Å². The predicted molar refractivity (Wildman–Crippen MR) is 147 cm³/mol. The van der Waals surface area contributed by atoms with Crippen LogP contribution in [0, 0.1) is 0 Å². The van der Waals surface area contributed by atoms with Crippen molar-refractivity contribution in [3.05, 3.63) is 89.0 Å². The summed E-state index contributed by atoms with van der Waals surface area (Å²) in [6.07, 6.45) is -2.35. The molecule has 3 aromatic rings. The molecule has 1 amide bonds. The van der Waals surface area contributed by atoms with Crippen molar-refractivity contribution in [1.82, 2.24) is 5.32 Å². The van der Waals surface area contributed by atoms with Gasteiger partial charge in [-0.1, -0.05) is 30.3 Å². The van der Waals surface area contributed by atoms with Gasteiger partial charge in [-0.2, -0.15) is 0 Å². The molecule has 2 fully saturated rings. The zero-order chi connectivity index (χ0) is 29.5. The minimum atomic E-state index is -3.73. The van der Waals surface area contributed by atoms with Crippen LogP contribution in [0.4, 0.5) is 8.78 Å². The van der Waals surface area contributed by atoms with E-state index >= 15 is 0 Å². The van der Waals surface area contributed by atoms with Crippen molar-refractivity contribution in [2.24, 2.45) is 0 Å². The van der Waals surface area contributed by atoms with Crippen LogP contribution in [0.2, 0.25) is 0 Å². The number of carbonyl (C=O) groups is 2. The average Bonchev–Trinajstić information content (AvgIpc) is 3.74. The summed E-state index contributed by atoms with van der Waals surface area (Å²) in [4.78, 5) is 26.2. The number of fused-ring (bicyclic) bond motifs is 1. The lowest BCUT2D eigenvalue weighted by Crippen LogP contribution is -2.45. The summed E-state index contributed by atoms with van der Waals surface area (Å²) in [6, 6.07) is 19.0. The Balaban J connectivity index is 1.25. The van der Waals surface area contributed by atoms with Gasteiger partial charge < -0.3 is 29.0 Å². The molecule has 3 atom stereocenters. The van der Waals surface area contributed by atoms with E-state index < -0.39 is 23.8 Å². The van der Waals surface area contributed by atoms with Gasteiger partial charge >= 0.3 is 12.3 Å². The van der Waals surface area contributed by atoms with Crippen LogP contribution in [0.5, 0.6) is 17.2 Å². The fourth-order valence-corrected chi connectivity index (χ4v) is 5.73. The highest BCUT2D eigenvalue weighted by Crippen LogP contribution is 2.52. The lowest BCUT2D eigenvalue weighted by molar-refractivity contribution is -0.286. The fourth-order valence-electron chi connectivity index (χ4n) is 5.73. The Morgan fingerprint density at radius 3 is 2.31 bits per heavy atom. The van der Waals surface area contributed by atoms with Crippen molar-refractivity contribution in [3.63, 3.8) is 0 Å². The molecule has 1 aliphatic carbocycles. The van der Waals surface area contributed by atoms with Gasteiger partial charge in [0.25, 0.3) is 0 Å². The standard InChI is InChI=1S/C32H31F2NO7/c1-3-39-29(36)21-8-4-6-19(14-21)26-17-23(18-27(40-26)20-7-5-9-24(15-20)38-2)35-30(37)31(12-13-31)22-10-11-25-28(16-22)42-32(33,34)41-25/h4-11,14-16,23,26-27H,3,12-13,17-18H2,1-2H3,(H,35,37)/t23-,26-,27+/m1/s1. The number of ether oxygens (including phenoxy) is 5. The molecule has 220 valence electrons. The number of nitrogens with one attached hydrogen (secondary N) is 1. The number of rotatable bonds is 8. The summed E-state index contributed by atoms with van der Waals surface area (Å²) >= 11 is 0. The van der Waals surface area contributed by atoms with Crippen LogP contribution < -0.4 is 19.5 Å². The molecule has 0 aromatic heterocycles. The largest absolute Gasteiger partial charge is 0.586 e. The Morgan fingerprint density at radius 1 is 0.929 bits per heavy atom. The van der Waals surface area contributed by atoms with Crippen molar-refractivity contribution in [2.75, 3.05) is 13.7 Å². The molecule has 2 heterocycles. The van der Waals surface area contributed by atoms with Crippen LogP contribution in [-0.2, 0) is 19.7 Å². The molecule has 10 heteroatoms. The maximum atomic E-state index is 13.8. The molecule has 42 heavy (non-hydrogen) atoms. The van der Waals surface area contributed by atoms with Gasteiger partial charge in [0.15, 0.2) is 11.5 Å². The first kappa shape index (κ1) is 28.0. The number of hydrogen-bond acceptors (Lipinski definition) is 7. The molecule has 1 saturated carbocycles. The highest BCUT2D eigenvalue weighted by molar-refractivity contribution is 5.92. The van der Waals surface area contributed by atoms with Crippen molar-refractivity contribution in [2.45, 2.75) is 62.6 Å². The third kappa shape index (κ3) is 5.51. The van der Waals surface area contributed by atoms with Crippen LogP contribution in [-0.4, -0.2) is 37.9 Å². The average molecular weight is 580 g/mol. The highest BCUT2D eigenvalue weighted by atomic mass is 19.3. The normalized spacial score (nSPS) is 23.1. The molecule has 8 nitrogen and oxygen atoms in total. The van der Waals surface area contributed by atoms with Crippen molar-refractivity contribution >= 4 is 11.9 Å². The van der Waals surface area contributed by atoms with E-state index in [0.29, 0.717) is 42.6 Å². The minimum Gasteiger partial charge on any atom is -0.497 e. The van der Waals surface area contributed by atoms with Gasteiger partial charge in [-0.3, -0.25) is 4.79 Å². The van der Waals surface area contributed by atoms with Gasteiger partial charge in [0, 0.05) is 6.04 Å². The summed E-state index contributed by atoms with van der Waals surface area (Å²) in [6.45, 7) is 2.02. The second-order valence-corrected chi connectivity index (χ2v) is 10.8. The molecule has 0 radical (unpaired) electrons. The van der Waals surface area contributed by atoms with Gasteiger partial charge in [-0.15, -0.1) is 8.78 Å². The second kappa shape index (κ2) is 10.9. The lowest BCUT2D eigenvalue weighted by Gasteiger charge is -2.37. The number of methoxy groups -OCH3 is 1. The van der Waals surface area contributed by atoms with E-state index in [0.717, 1.165) is 11.1 Å². The molecule has 0 unspecified atom stereocenters. The second-order valence-electron chi connectivity index (χ2n) is 10.8. The lowest BCUT2D eigenvalue weighted by atomic mass is 9.89. The number of benzene rings is 3. The first-order valence-corrected chi connectivity index (χ1v) is 14.0. The Labute approximate surface area is 241 Å². The fraction of sp³-hybridized carbons (Fsp3) is 0.375. The molecule has 2 aliphatic heterocycles. The SMILES string of the molecule is CCOC(=O)c1cccc([C@H]2C[C@@H](NC(=O)C3(c4ccc5c(c4)OC(F)(F)O5)CC3)C[C@@H](c3cccc(OC)c3)O2)c1. The van der Waals surface area contributed by atoms with Gasteiger partial charge in [0.05, 0.1) is 36.9 Å². The number of alkyl halides is 2. The molecule has 1 saturated heterocycles. The Morgan fingerprint density at radius 2 is 1.62 bits per heavy atom. The molecular weight excluding hydrogens is 548 g/mol. The molecule has 0 spiro atoms. The summed E-state index contributed by atoms with van der Waals surface area (Å²) < 4.78 is 53.5. The maximum Gasteiger partial charge on any atom is 0.586 e. The number of esters is 1. The van der Waals surface area contributed by atoms with Crippen LogP contribution in [0.1, 0.15) is 71.9 Å². The van der Waals surface area contributed by atoms with E-state index in [1.807, 2.05) is 30.3 Å². The number of halogens is 2. The first-order valence-electron chi connectivity index (χ1n) is 14.0. The predicted octanol–water partition coefficient (Wildman–Crippen LogP) is 6.00. The summed E-state index contributed by atoms with van der Waals surface area (Å²) in [7, 11) is 1.60. The quantitative estimate of drug-likeness (QED) is 0.327. The Kier molecular flexibility index (Phi) is 7.26. The third-order valence-corrected chi connectivity index (χ3v) is 8.03. The van der Waals surface area contributed by atoms with Gasteiger partial charge in [-0.05, 0) is 85.7 Å². The van der Waals surface area contributed by atoms with Crippen molar-refractivity contribution < 1.29 is 42.1 Å². The van der Waals surface area contributed by atoms with Gasteiger partial charge in [0.2, 0.25) is 5.91 Å². The van der Waals surface area contributed by atoms with E-state index in [2.05, 4.69) is 14.8 Å². The Hall–Kier alpha value is -4.18. The zero-order valence-corrected chi connectivity index (χ0v) is 23.2. The number of amides is 1. The van der Waals surface area contributed by atoms with Gasteiger partial charge in [0.1, 0.15) is 5.75 Å². The molecular formula is C32H31F2NO7. The van der Waals surface area contributed by atoms with Crippen molar-refractivity contribution in [3.8, 4) is 17.2 Å². The van der Waals surface area contributed by atoms with E-state index in [1.165, 1.54) is 12.1 Å². The molecule has 3 aromatic carbocycles. The number of hydrogen-bond donors (Lipinski definition) is 1. The summed E-state index contributed by atoms with van der Waals surface area (Å²) in [5.74, 6) is -0.0425. The molecule has 0 bridgehead atoms. The van der Waals surface area contributed by atoms with E-state index in [4.69, 9.17) is 14.2 Å². The smallest absolute Gasteiger partial charge is 0.497 e. The third-order valence-electron chi connectivity index (χ3n) is 8.03. The summed E-state index contributed by atoms with van der Waals surface area (Å²) in [5.41, 5.74) is 1.89. The van der Waals surface area contributed by atoms with Crippen LogP contribution in [0.3, 0.4) is 0 Å². The molecule has 6 rings (SSSR count). The number of carbonyl (C=O) groups excluding carboxylic acids is 2. The molecule has 3 aliphatic rings. The van der Waals surface area contributed by atoms with Crippen molar-refractivity contribution in [1.29, 1.82) is 0 Å². The molecule has 1 N–H and O–H groups in total. The highest BCUT2D eigenvalue weighted by Gasteiger charge is 2.53. The van der Waals surface area contributed by atoms with Crippen LogP contribution >= 0.6 is 0 Å². The minimum absolute atomic E-state index is 0.0570. The van der Waals surface area contributed by atoms with E-state index in [1.54, 1.807) is 38.3 Å². The van der Waals surface area contributed by atoms with E-state index in [9.17, 15) is 18.4 Å². The van der Waals surface area contributed by atoms with Gasteiger partial charge in [-0.25, -0.2) is 4.79 Å². The monoisotopic (exact) mass is 579 g/mol.